The van der Waals surface area contributed by atoms with E-state index < -0.39 is 23.8 Å². The summed E-state index contributed by atoms with van der Waals surface area (Å²) in [7, 11) is 1.55. The lowest BCUT2D eigenvalue weighted by atomic mass is 9.84. The van der Waals surface area contributed by atoms with Gasteiger partial charge in [0.2, 0.25) is 11.8 Å². The predicted octanol–water partition coefficient (Wildman–Crippen LogP) is 0.279. The molecular formula is C22H20N3O4+. The molecule has 0 aliphatic carbocycles. The Morgan fingerprint density at radius 1 is 1.03 bits per heavy atom. The van der Waals surface area contributed by atoms with Crippen LogP contribution in [0.15, 0.2) is 54.7 Å². The minimum absolute atomic E-state index is 0.290. The highest BCUT2D eigenvalue weighted by Gasteiger charge is 2.67. The van der Waals surface area contributed by atoms with Crippen molar-refractivity contribution >= 4 is 29.5 Å². The number of nitrogens with one attached hydrogen (secondary N) is 1. The van der Waals surface area contributed by atoms with Gasteiger partial charge in [-0.25, -0.2) is 4.90 Å². The van der Waals surface area contributed by atoms with Crippen molar-refractivity contribution in [1.29, 1.82) is 0 Å². The molecule has 0 radical (unpaired) electrons. The number of hydrogen-bond acceptors (Lipinski definition) is 4. The Bertz CT molecular complexity index is 1060. The molecule has 2 aromatic carbocycles. The van der Waals surface area contributed by atoms with E-state index >= 15 is 0 Å². The van der Waals surface area contributed by atoms with Crippen LogP contribution in [-0.4, -0.2) is 30.9 Å². The second kappa shape index (κ2) is 6.28. The van der Waals surface area contributed by atoms with Crippen molar-refractivity contribution in [3.8, 4) is 5.75 Å². The minimum Gasteiger partial charge on any atom is -0.497 e. The lowest BCUT2D eigenvalue weighted by Gasteiger charge is -2.30. The van der Waals surface area contributed by atoms with Gasteiger partial charge in [-0.15, -0.1) is 0 Å². The largest absolute Gasteiger partial charge is 0.497 e. The fourth-order valence-electron chi connectivity index (χ4n) is 5.06. The number of hydrogen-bond donors (Lipinski definition) is 2. The maximum atomic E-state index is 13.5. The summed E-state index contributed by atoms with van der Waals surface area (Å²) in [4.78, 5) is 41.1. The number of amides is 3. The fourth-order valence-corrected chi connectivity index (χ4v) is 5.06. The zero-order chi connectivity index (χ0) is 20.3. The molecule has 3 heterocycles. The van der Waals surface area contributed by atoms with E-state index in [4.69, 9.17) is 10.5 Å². The number of imide groups is 1. The number of fused-ring (bicyclic) bond motifs is 5. The Kier molecular flexibility index (Phi) is 3.82. The van der Waals surface area contributed by atoms with Crippen LogP contribution in [-0.2, 0) is 14.4 Å². The molecule has 146 valence electrons. The second-order valence-electron chi connectivity index (χ2n) is 7.58. The van der Waals surface area contributed by atoms with E-state index in [1.807, 2.05) is 36.5 Å². The number of carbonyl (C=O) groups is 3. The van der Waals surface area contributed by atoms with E-state index in [0.29, 0.717) is 11.4 Å². The van der Waals surface area contributed by atoms with Crippen molar-refractivity contribution in [2.24, 2.45) is 17.6 Å². The van der Waals surface area contributed by atoms with Gasteiger partial charge in [0, 0.05) is 5.56 Å². The number of primary amides is 1. The summed E-state index contributed by atoms with van der Waals surface area (Å²) in [5.41, 5.74) is 8.14. The van der Waals surface area contributed by atoms with E-state index in [9.17, 15) is 14.4 Å². The maximum Gasteiger partial charge on any atom is 0.277 e. The van der Waals surface area contributed by atoms with Crippen LogP contribution in [0.25, 0.3) is 6.08 Å². The number of ether oxygens (including phenoxy) is 1. The lowest BCUT2D eigenvalue weighted by Crippen LogP contribution is -3.12. The highest BCUT2D eigenvalue weighted by Crippen LogP contribution is 2.44. The molecule has 0 spiro atoms. The van der Waals surface area contributed by atoms with Crippen LogP contribution in [0, 0.1) is 11.8 Å². The summed E-state index contributed by atoms with van der Waals surface area (Å²) in [6.07, 6.45) is 3.79. The first-order valence-electron chi connectivity index (χ1n) is 9.48. The molecule has 5 atom stereocenters. The Balaban J connectivity index is 1.62. The van der Waals surface area contributed by atoms with Crippen LogP contribution >= 0.6 is 0 Å². The normalized spacial score (nSPS) is 29.4. The summed E-state index contributed by atoms with van der Waals surface area (Å²) in [6.45, 7) is 0. The third kappa shape index (κ3) is 2.37. The average molecular weight is 390 g/mol. The third-order valence-electron chi connectivity index (χ3n) is 6.26. The Labute approximate surface area is 167 Å². The first-order chi connectivity index (χ1) is 14.0. The van der Waals surface area contributed by atoms with Crippen molar-refractivity contribution in [1.82, 2.24) is 0 Å². The Morgan fingerprint density at radius 2 is 1.72 bits per heavy atom. The van der Waals surface area contributed by atoms with Crippen LogP contribution < -0.4 is 20.3 Å². The maximum absolute atomic E-state index is 13.5. The molecule has 2 aromatic rings. The van der Waals surface area contributed by atoms with Gasteiger partial charge in [-0.3, -0.25) is 19.3 Å². The van der Waals surface area contributed by atoms with Crippen LogP contribution in [0.2, 0.25) is 0 Å². The van der Waals surface area contributed by atoms with Gasteiger partial charge in [-0.2, -0.15) is 0 Å². The van der Waals surface area contributed by atoms with Gasteiger partial charge >= 0.3 is 0 Å². The standard InChI is InChI=1S/C22H19N3O4/c1-29-14-8-6-13(7-9-14)25-21(27)16-17(22(25)28)19(20(23)26)24-11-10-12-4-2-3-5-15(12)18(16)24/h2-11,16-19H,1H3,(H2,23,26)/p+1/t16-,17-,18-,19+/m1/s1. The monoisotopic (exact) mass is 390 g/mol. The smallest absolute Gasteiger partial charge is 0.277 e. The Hall–Kier alpha value is -3.45. The molecule has 2 fully saturated rings. The first-order valence-corrected chi connectivity index (χ1v) is 9.48. The van der Waals surface area contributed by atoms with Crippen molar-refractivity contribution in [3.05, 3.63) is 65.9 Å². The van der Waals surface area contributed by atoms with Crippen LogP contribution in [0.3, 0.4) is 0 Å². The summed E-state index contributed by atoms with van der Waals surface area (Å²) >= 11 is 0. The molecule has 1 unspecified atom stereocenters. The SMILES string of the molecule is COc1ccc(N2C(=O)[C@@H]3[C@@H](C2=O)[C@H]2c4ccccc4C=C[NH+]2[C@@H]3C(N)=O)cc1. The molecule has 0 aromatic heterocycles. The molecule has 3 amide bonds. The van der Waals surface area contributed by atoms with E-state index in [-0.39, 0.29) is 17.9 Å². The molecule has 7 nitrogen and oxygen atoms in total. The van der Waals surface area contributed by atoms with Gasteiger partial charge < -0.3 is 10.5 Å². The summed E-state index contributed by atoms with van der Waals surface area (Å²) in [5.74, 6) is -2.02. The first kappa shape index (κ1) is 17.6. The fraction of sp³-hybridized carbons (Fsp3) is 0.227. The van der Waals surface area contributed by atoms with Crippen molar-refractivity contribution in [2.45, 2.75) is 12.1 Å². The molecule has 7 heteroatoms. The van der Waals surface area contributed by atoms with Crippen molar-refractivity contribution in [2.75, 3.05) is 12.0 Å². The topological polar surface area (TPSA) is 94.1 Å². The van der Waals surface area contributed by atoms with E-state index in [0.717, 1.165) is 16.0 Å². The second-order valence-corrected chi connectivity index (χ2v) is 7.58. The predicted molar refractivity (Wildman–Crippen MR) is 105 cm³/mol. The van der Waals surface area contributed by atoms with Gasteiger partial charge in [0.15, 0.2) is 6.04 Å². The number of benzene rings is 2. The third-order valence-corrected chi connectivity index (χ3v) is 6.26. The molecule has 3 aliphatic rings. The van der Waals surface area contributed by atoms with Crippen LogP contribution in [0.5, 0.6) is 5.75 Å². The summed E-state index contributed by atoms with van der Waals surface area (Å²) in [5, 5.41) is 0. The van der Waals surface area contributed by atoms with E-state index in [1.165, 1.54) is 4.90 Å². The molecule has 3 aliphatic heterocycles. The molecule has 2 saturated heterocycles. The number of quaternary nitrogens is 1. The summed E-state index contributed by atoms with van der Waals surface area (Å²) < 4.78 is 5.16. The molecule has 29 heavy (non-hydrogen) atoms. The Morgan fingerprint density at radius 3 is 2.41 bits per heavy atom. The molecular weight excluding hydrogens is 370 g/mol. The quantitative estimate of drug-likeness (QED) is 0.736. The number of carbonyl (C=O) groups excluding carboxylic acids is 3. The van der Waals surface area contributed by atoms with Gasteiger partial charge in [0.05, 0.1) is 19.0 Å². The number of rotatable bonds is 3. The van der Waals surface area contributed by atoms with Gasteiger partial charge in [-0.1, -0.05) is 24.3 Å². The van der Waals surface area contributed by atoms with E-state index in [2.05, 4.69) is 0 Å². The van der Waals surface area contributed by atoms with Crippen molar-refractivity contribution < 1.29 is 24.0 Å². The zero-order valence-electron chi connectivity index (χ0n) is 15.7. The van der Waals surface area contributed by atoms with Gasteiger partial charge in [-0.05, 0) is 35.9 Å². The highest BCUT2D eigenvalue weighted by atomic mass is 16.5. The number of nitrogens with zero attached hydrogens (tertiary/aromatic N) is 1. The average Bonchev–Trinajstić information content (AvgIpc) is 3.21. The zero-order valence-corrected chi connectivity index (χ0v) is 15.7. The van der Waals surface area contributed by atoms with Gasteiger partial charge in [0.25, 0.3) is 5.91 Å². The number of anilines is 1. The molecule has 5 rings (SSSR count). The molecule has 0 saturated carbocycles. The minimum atomic E-state index is -0.783. The van der Waals surface area contributed by atoms with Crippen LogP contribution in [0.1, 0.15) is 17.2 Å². The molecule has 0 bridgehead atoms. The van der Waals surface area contributed by atoms with E-state index in [1.54, 1.807) is 31.4 Å². The van der Waals surface area contributed by atoms with Gasteiger partial charge in [0.1, 0.15) is 23.6 Å². The number of methoxy groups -OCH3 is 1. The summed E-state index contributed by atoms with van der Waals surface area (Å²) in [6, 6.07) is 13.4. The highest BCUT2D eigenvalue weighted by molar-refractivity contribution is 6.23. The lowest BCUT2D eigenvalue weighted by molar-refractivity contribution is -0.884. The number of nitrogens with two attached hydrogens (primary N) is 1. The van der Waals surface area contributed by atoms with Crippen LogP contribution in [0.4, 0.5) is 5.69 Å². The van der Waals surface area contributed by atoms with Crippen molar-refractivity contribution in [3.63, 3.8) is 0 Å². The molecule has 3 N–H and O–H groups in total.